The number of hydrogen-bond acceptors (Lipinski definition) is 3. The number of hydrogen-bond donors (Lipinski definition) is 1. The van der Waals surface area contributed by atoms with Gasteiger partial charge in [0, 0.05) is 22.0 Å². The highest BCUT2D eigenvalue weighted by Gasteiger charge is 2.39. The Morgan fingerprint density at radius 2 is 1.88 bits per heavy atom. The average molecular weight is 298 g/mol. The molecule has 1 fully saturated rings. The molecule has 1 saturated carbocycles. The molecule has 1 aliphatic heterocycles. The van der Waals surface area contributed by atoms with Crippen LogP contribution in [0.15, 0.2) is 16.6 Å². The van der Waals surface area contributed by atoms with Crippen LogP contribution in [0.4, 0.5) is 0 Å². The fourth-order valence-corrected chi connectivity index (χ4v) is 3.19. The maximum Gasteiger partial charge on any atom is 0.167 e. The molecule has 92 valence electrons. The van der Waals surface area contributed by atoms with Crippen molar-refractivity contribution in [3.8, 4) is 11.5 Å². The van der Waals surface area contributed by atoms with E-state index in [1.165, 1.54) is 6.42 Å². The molecule has 0 radical (unpaired) electrons. The second-order valence-corrected chi connectivity index (χ2v) is 5.66. The summed E-state index contributed by atoms with van der Waals surface area (Å²) in [4.78, 5) is 0. The molecule has 1 heterocycles. The average Bonchev–Trinajstić information content (AvgIpc) is 2.51. The first-order valence-electron chi connectivity index (χ1n) is 6.08. The van der Waals surface area contributed by atoms with Crippen molar-refractivity contribution in [3.63, 3.8) is 0 Å². The van der Waals surface area contributed by atoms with E-state index in [-0.39, 0.29) is 5.54 Å². The highest BCUT2D eigenvalue weighted by atomic mass is 79.9. The second-order valence-electron chi connectivity index (χ2n) is 4.81. The van der Waals surface area contributed by atoms with Gasteiger partial charge >= 0.3 is 0 Å². The van der Waals surface area contributed by atoms with Crippen molar-refractivity contribution >= 4 is 15.9 Å². The van der Waals surface area contributed by atoms with E-state index in [2.05, 4.69) is 15.9 Å². The Morgan fingerprint density at radius 1 is 1.12 bits per heavy atom. The lowest BCUT2D eigenvalue weighted by Gasteiger charge is -2.40. The maximum absolute atomic E-state index is 6.43. The molecule has 0 aromatic heterocycles. The van der Waals surface area contributed by atoms with Crippen LogP contribution in [0, 0.1) is 0 Å². The smallest absolute Gasteiger partial charge is 0.167 e. The number of benzene rings is 1. The summed E-state index contributed by atoms with van der Waals surface area (Å²) >= 11 is 3.60. The van der Waals surface area contributed by atoms with Crippen molar-refractivity contribution in [3.05, 3.63) is 22.2 Å². The molecule has 1 aliphatic carbocycles. The summed E-state index contributed by atoms with van der Waals surface area (Å²) in [5.41, 5.74) is 7.28. The Balaban J connectivity index is 2.12. The van der Waals surface area contributed by atoms with Gasteiger partial charge in [0.15, 0.2) is 11.5 Å². The van der Waals surface area contributed by atoms with Crippen LogP contribution < -0.4 is 15.2 Å². The molecular formula is C13H16BrNO2. The molecule has 0 bridgehead atoms. The van der Waals surface area contributed by atoms with Crippen LogP contribution in [-0.2, 0) is 5.54 Å². The van der Waals surface area contributed by atoms with Crippen molar-refractivity contribution in [1.82, 2.24) is 0 Å². The summed E-state index contributed by atoms with van der Waals surface area (Å²) in [6.45, 7) is 1.41. The van der Waals surface area contributed by atoms with E-state index in [0.29, 0.717) is 13.2 Å². The molecule has 2 aliphatic rings. The summed E-state index contributed by atoms with van der Waals surface area (Å²) in [5.74, 6) is 1.68. The van der Waals surface area contributed by atoms with Crippen LogP contribution in [0.5, 0.6) is 11.5 Å². The predicted molar refractivity (Wildman–Crippen MR) is 69.5 cm³/mol. The molecule has 1 aromatic rings. The normalized spacial score (nSPS) is 21.5. The molecule has 0 amide bonds. The van der Waals surface area contributed by atoms with Crippen LogP contribution in [0.3, 0.4) is 0 Å². The van der Waals surface area contributed by atoms with E-state index in [1.807, 2.05) is 12.1 Å². The van der Waals surface area contributed by atoms with Crippen LogP contribution in [0.1, 0.15) is 31.2 Å². The number of halogens is 1. The van der Waals surface area contributed by atoms with E-state index < -0.39 is 0 Å². The van der Waals surface area contributed by atoms with Crippen molar-refractivity contribution in [2.24, 2.45) is 5.73 Å². The van der Waals surface area contributed by atoms with Gasteiger partial charge in [0.25, 0.3) is 0 Å². The van der Waals surface area contributed by atoms with Gasteiger partial charge in [0.1, 0.15) is 0 Å². The number of ether oxygens (including phenoxy) is 2. The topological polar surface area (TPSA) is 44.5 Å². The van der Waals surface area contributed by atoms with Crippen LogP contribution in [0.25, 0.3) is 0 Å². The summed E-state index contributed by atoms with van der Waals surface area (Å²) in [5, 5.41) is 0. The first-order valence-corrected chi connectivity index (χ1v) is 6.87. The fraction of sp³-hybridized carbons (Fsp3) is 0.538. The zero-order valence-electron chi connectivity index (χ0n) is 9.67. The first kappa shape index (κ1) is 11.4. The summed E-state index contributed by atoms with van der Waals surface area (Å²) in [7, 11) is 0. The van der Waals surface area contributed by atoms with Crippen molar-refractivity contribution in [2.75, 3.05) is 13.2 Å². The quantitative estimate of drug-likeness (QED) is 0.867. The van der Waals surface area contributed by atoms with Gasteiger partial charge in [-0.2, -0.15) is 0 Å². The molecule has 3 nitrogen and oxygen atoms in total. The Morgan fingerprint density at radius 3 is 2.59 bits per heavy atom. The molecule has 1 aromatic carbocycles. The van der Waals surface area contributed by atoms with E-state index >= 15 is 0 Å². The molecule has 0 spiro atoms. The van der Waals surface area contributed by atoms with Crippen molar-refractivity contribution in [1.29, 1.82) is 0 Å². The lowest BCUT2D eigenvalue weighted by molar-refractivity contribution is 0.235. The van der Waals surface area contributed by atoms with Gasteiger partial charge in [0.2, 0.25) is 0 Å². The standard InChI is InChI=1S/C13H16BrNO2/c14-9-3-4-10-12(17-8-2-7-16-10)11(9)13(15)5-1-6-13/h3-4H,1-2,5-8,15H2. The highest BCUT2D eigenvalue weighted by molar-refractivity contribution is 9.10. The molecule has 0 saturated heterocycles. The number of rotatable bonds is 1. The van der Waals surface area contributed by atoms with E-state index in [1.54, 1.807) is 0 Å². The summed E-state index contributed by atoms with van der Waals surface area (Å²) < 4.78 is 12.6. The minimum atomic E-state index is -0.238. The minimum Gasteiger partial charge on any atom is -0.490 e. The molecule has 17 heavy (non-hydrogen) atoms. The van der Waals surface area contributed by atoms with Gasteiger partial charge in [-0.25, -0.2) is 0 Å². The van der Waals surface area contributed by atoms with Crippen molar-refractivity contribution in [2.45, 2.75) is 31.2 Å². The second kappa shape index (κ2) is 4.18. The van der Waals surface area contributed by atoms with Gasteiger partial charge in [0.05, 0.1) is 13.2 Å². The molecule has 2 N–H and O–H groups in total. The summed E-state index contributed by atoms with van der Waals surface area (Å²) in [6.07, 6.45) is 4.15. The van der Waals surface area contributed by atoms with Gasteiger partial charge in [-0.15, -0.1) is 0 Å². The minimum absolute atomic E-state index is 0.238. The maximum atomic E-state index is 6.43. The van der Waals surface area contributed by atoms with Gasteiger partial charge in [-0.1, -0.05) is 15.9 Å². The fourth-order valence-electron chi connectivity index (χ4n) is 2.48. The zero-order chi connectivity index (χ0) is 11.9. The monoisotopic (exact) mass is 297 g/mol. The SMILES string of the molecule is NC1(c2c(Br)ccc3c2OCCCO3)CCC1. The van der Waals surface area contributed by atoms with Crippen LogP contribution in [-0.4, -0.2) is 13.2 Å². The molecular weight excluding hydrogens is 282 g/mol. The van der Waals surface area contributed by atoms with Crippen molar-refractivity contribution < 1.29 is 9.47 Å². The number of nitrogens with two attached hydrogens (primary N) is 1. The van der Waals surface area contributed by atoms with Crippen LogP contribution in [0.2, 0.25) is 0 Å². The van der Waals surface area contributed by atoms with Crippen LogP contribution >= 0.6 is 15.9 Å². The van der Waals surface area contributed by atoms with Gasteiger partial charge in [-0.3, -0.25) is 0 Å². The van der Waals surface area contributed by atoms with E-state index in [0.717, 1.165) is 40.8 Å². The lowest BCUT2D eigenvalue weighted by Crippen LogP contribution is -2.43. The van der Waals surface area contributed by atoms with E-state index in [9.17, 15) is 0 Å². The summed E-state index contributed by atoms with van der Waals surface area (Å²) in [6, 6.07) is 3.96. The molecule has 0 atom stereocenters. The Bertz CT molecular complexity index is 443. The number of fused-ring (bicyclic) bond motifs is 1. The van der Waals surface area contributed by atoms with E-state index in [4.69, 9.17) is 15.2 Å². The highest BCUT2D eigenvalue weighted by Crippen LogP contribution is 2.49. The Hall–Kier alpha value is -0.740. The third-order valence-electron chi connectivity index (χ3n) is 3.61. The Labute approximate surface area is 109 Å². The predicted octanol–water partition coefficient (Wildman–Crippen LogP) is 2.95. The van der Waals surface area contributed by atoms with Gasteiger partial charge in [-0.05, 0) is 31.4 Å². The van der Waals surface area contributed by atoms with Gasteiger partial charge < -0.3 is 15.2 Å². The third-order valence-corrected chi connectivity index (χ3v) is 4.27. The third kappa shape index (κ3) is 1.83. The lowest BCUT2D eigenvalue weighted by atomic mass is 9.72. The molecule has 3 rings (SSSR count). The molecule has 0 unspecified atom stereocenters. The Kier molecular flexibility index (Phi) is 2.79. The largest absolute Gasteiger partial charge is 0.490 e. The zero-order valence-corrected chi connectivity index (χ0v) is 11.3. The molecule has 4 heteroatoms. The first-order chi connectivity index (χ1) is 8.21.